The Morgan fingerprint density at radius 1 is 1.38 bits per heavy atom. The summed E-state index contributed by atoms with van der Waals surface area (Å²) in [6.45, 7) is 0. The van der Waals surface area contributed by atoms with E-state index in [2.05, 4.69) is 0 Å². The summed E-state index contributed by atoms with van der Waals surface area (Å²) < 4.78 is 50.9. The third-order valence-electron chi connectivity index (χ3n) is 1.99. The average molecular weight is 235 g/mol. The lowest BCUT2D eigenvalue weighted by Gasteiger charge is -2.22. The van der Waals surface area contributed by atoms with Crippen molar-refractivity contribution in [3.8, 4) is 0 Å². The molecule has 0 fully saturated rings. The number of hydrogen-bond donors (Lipinski definition) is 2. The Balaban J connectivity index is 3.41. The first-order chi connectivity index (χ1) is 7.25. The van der Waals surface area contributed by atoms with Crippen molar-refractivity contribution in [2.45, 2.75) is 6.18 Å². The lowest BCUT2D eigenvalue weighted by Crippen LogP contribution is -2.34. The van der Waals surface area contributed by atoms with E-state index in [1.165, 1.54) is 0 Å². The Hall–Kier alpha value is -1.79. The molecule has 3 nitrogen and oxygen atoms in total. The van der Waals surface area contributed by atoms with Gasteiger partial charge in [0.15, 0.2) is 5.96 Å². The molecular weight excluding hydrogens is 226 g/mol. The van der Waals surface area contributed by atoms with Gasteiger partial charge in [-0.25, -0.2) is 4.39 Å². The summed E-state index contributed by atoms with van der Waals surface area (Å²) >= 11 is 0. The summed E-state index contributed by atoms with van der Waals surface area (Å²) in [5, 5.41) is 7.01. The number of para-hydroxylation sites is 1. The molecule has 3 N–H and O–H groups in total. The van der Waals surface area contributed by atoms with Crippen molar-refractivity contribution in [2.24, 2.45) is 5.73 Å². The van der Waals surface area contributed by atoms with Crippen LogP contribution in [0.4, 0.5) is 23.2 Å². The van der Waals surface area contributed by atoms with Gasteiger partial charge in [-0.2, -0.15) is 13.2 Å². The van der Waals surface area contributed by atoms with Crippen LogP contribution in [0, 0.1) is 11.2 Å². The van der Waals surface area contributed by atoms with Gasteiger partial charge in [-0.1, -0.05) is 6.07 Å². The topological polar surface area (TPSA) is 53.1 Å². The maximum absolute atomic E-state index is 13.3. The van der Waals surface area contributed by atoms with E-state index < -0.39 is 29.2 Å². The molecule has 0 aliphatic rings. The highest BCUT2D eigenvalue weighted by molar-refractivity contribution is 5.92. The number of alkyl halides is 3. The summed E-state index contributed by atoms with van der Waals surface area (Å²) in [4.78, 5) is 0.637. The van der Waals surface area contributed by atoms with E-state index in [0.717, 1.165) is 25.2 Å². The molecule has 0 aliphatic carbocycles. The van der Waals surface area contributed by atoms with Crippen molar-refractivity contribution >= 4 is 11.6 Å². The predicted molar refractivity (Wildman–Crippen MR) is 51.7 cm³/mol. The van der Waals surface area contributed by atoms with Crippen molar-refractivity contribution in [3.63, 3.8) is 0 Å². The van der Waals surface area contributed by atoms with E-state index in [4.69, 9.17) is 11.1 Å². The molecule has 0 aliphatic heterocycles. The largest absolute Gasteiger partial charge is 0.418 e. The van der Waals surface area contributed by atoms with Crippen molar-refractivity contribution in [3.05, 3.63) is 29.6 Å². The molecule has 0 bridgehead atoms. The Morgan fingerprint density at radius 2 is 1.94 bits per heavy atom. The van der Waals surface area contributed by atoms with Crippen LogP contribution < -0.4 is 10.6 Å². The van der Waals surface area contributed by atoms with Crippen molar-refractivity contribution in [1.29, 1.82) is 5.41 Å². The molecule has 0 atom stereocenters. The van der Waals surface area contributed by atoms with Gasteiger partial charge < -0.3 is 10.6 Å². The molecule has 1 aromatic rings. The number of rotatable bonds is 1. The van der Waals surface area contributed by atoms with Crippen LogP contribution in [-0.4, -0.2) is 13.0 Å². The van der Waals surface area contributed by atoms with Gasteiger partial charge in [0.25, 0.3) is 0 Å². The van der Waals surface area contributed by atoms with Crippen LogP contribution in [0.3, 0.4) is 0 Å². The summed E-state index contributed by atoms with van der Waals surface area (Å²) in [5.74, 6) is -1.75. The summed E-state index contributed by atoms with van der Waals surface area (Å²) in [5.41, 5.74) is 3.11. The van der Waals surface area contributed by atoms with Gasteiger partial charge in [-0.3, -0.25) is 5.41 Å². The maximum Gasteiger partial charge on any atom is 0.418 e. The number of nitrogens with zero attached hydrogens (tertiary/aromatic N) is 1. The SMILES string of the molecule is CN(C(=N)N)c1c(F)cccc1C(F)(F)F. The van der Waals surface area contributed by atoms with Crippen LogP contribution in [0.15, 0.2) is 18.2 Å². The predicted octanol–water partition coefficient (Wildman–Crippen LogP) is 2.17. The van der Waals surface area contributed by atoms with Crippen molar-refractivity contribution in [2.75, 3.05) is 11.9 Å². The molecule has 0 radical (unpaired) electrons. The van der Waals surface area contributed by atoms with Gasteiger partial charge in [0.05, 0.1) is 11.3 Å². The number of benzene rings is 1. The molecule has 0 spiro atoms. The van der Waals surface area contributed by atoms with Gasteiger partial charge >= 0.3 is 6.18 Å². The first-order valence-electron chi connectivity index (χ1n) is 4.18. The van der Waals surface area contributed by atoms with E-state index in [0.29, 0.717) is 4.90 Å². The highest BCUT2D eigenvalue weighted by atomic mass is 19.4. The Kier molecular flexibility index (Phi) is 3.06. The fourth-order valence-corrected chi connectivity index (χ4v) is 1.21. The minimum atomic E-state index is -4.69. The second-order valence-electron chi connectivity index (χ2n) is 3.08. The normalized spacial score (nSPS) is 11.3. The molecule has 1 aromatic carbocycles. The van der Waals surface area contributed by atoms with Crippen molar-refractivity contribution < 1.29 is 17.6 Å². The fourth-order valence-electron chi connectivity index (χ4n) is 1.21. The third kappa shape index (κ3) is 2.23. The zero-order valence-electron chi connectivity index (χ0n) is 8.27. The Bertz CT molecular complexity index is 414. The number of hydrogen-bond acceptors (Lipinski definition) is 1. The second kappa shape index (κ2) is 3.99. The van der Waals surface area contributed by atoms with Crippen LogP contribution in [0.2, 0.25) is 0 Å². The van der Waals surface area contributed by atoms with Crippen LogP contribution in [0.5, 0.6) is 0 Å². The molecule has 88 valence electrons. The molecular formula is C9H9F4N3. The average Bonchev–Trinajstić information content (AvgIpc) is 2.14. The molecule has 0 saturated heterocycles. The standard InChI is InChI=1S/C9H9F4N3/c1-16(8(14)15)7-5(9(11,12)13)3-2-4-6(7)10/h2-4H,1H3,(H3,14,15). The first-order valence-corrected chi connectivity index (χ1v) is 4.18. The number of nitrogens with two attached hydrogens (primary N) is 1. The molecule has 7 heteroatoms. The number of anilines is 1. The minimum Gasteiger partial charge on any atom is -0.370 e. The van der Waals surface area contributed by atoms with E-state index in [9.17, 15) is 17.6 Å². The van der Waals surface area contributed by atoms with Crippen LogP contribution in [0.1, 0.15) is 5.56 Å². The van der Waals surface area contributed by atoms with E-state index in [1.807, 2.05) is 0 Å². The second-order valence-corrected chi connectivity index (χ2v) is 3.08. The van der Waals surface area contributed by atoms with Crippen LogP contribution in [-0.2, 0) is 6.18 Å². The lowest BCUT2D eigenvalue weighted by molar-refractivity contribution is -0.137. The molecule has 0 unspecified atom stereocenters. The first kappa shape index (κ1) is 12.3. The van der Waals surface area contributed by atoms with Crippen LogP contribution in [0.25, 0.3) is 0 Å². The Morgan fingerprint density at radius 3 is 2.38 bits per heavy atom. The van der Waals surface area contributed by atoms with E-state index >= 15 is 0 Å². The fraction of sp³-hybridized carbons (Fsp3) is 0.222. The van der Waals surface area contributed by atoms with Gasteiger partial charge in [-0.15, -0.1) is 0 Å². The molecule has 0 amide bonds. The number of nitrogens with one attached hydrogen (secondary N) is 1. The maximum atomic E-state index is 13.3. The number of guanidine groups is 1. The quantitative estimate of drug-likeness (QED) is 0.445. The van der Waals surface area contributed by atoms with E-state index in [-0.39, 0.29) is 0 Å². The zero-order chi connectivity index (χ0) is 12.5. The summed E-state index contributed by atoms with van der Waals surface area (Å²) in [6, 6.07) is 2.57. The summed E-state index contributed by atoms with van der Waals surface area (Å²) in [7, 11) is 1.09. The van der Waals surface area contributed by atoms with Crippen LogP contribution >= 0.6 is 0 Å². The van der Waals surface area contributed by atoms with Gasteiger partial charge in [0.1, 0.15) is 5.82 Å². The molecule has 1 rings (SSSR count). The highest BCUT2D eigenvalue weighted by Crippen LogP contribution is 2.37. The Labute approximate surface area is 89.0 Å². The molecule has 0 heterocycles. The molecule has 0 aromatic heterocycles. The van der Waals surface area contributed by atoms with Gasteiger partial charge in [-0.05, 0) is 12.1 Å². The summed E-state index contributed by atoms with van der Waals surface area (Å²) in [6.07, 6.45) is -4.69. The molecule has 16 heavy (non-hydrogen) atoms. The third-order valence-corrected chi connectivity index (χ3v) is 1.99. The van der Waals surface area contributed by atoms with Crippen molar-refractivity contribution in [1.82, 2.24) is 0 Å². The van der Waals surface area contributed by atoms with Gasteiger partial charge in [0, 0.05) is 7.05 Å². The van der Waals surface area contributed by atoms with Gasteiger partial charge in [0.2, 0.25) is 0 Å². The number of halogens is 4. The minimum absolute atomic E-state index is 0.637. The monoisotopic (exact) mass is 235 g/mol. The molecule has 0 saturated carbocycles. The zero-order valence-corrected chi connectivity index (χ0v) is 8.27. The smallest absolute Gasteiger partial charge is 0.370 e. The lowest BCUT2D eigenvalue weighted by atomic mass is 10.1. The highest BCUT2D eigenvalue weighted by Gasteiger charge is 2.36. The van der Waals surface area contributed by atoms with E-state index in [1.54, 1.807) is 0 Å².